The highest BCUT2D eigenvalue weighted by atomic mass is 16.1. The van der Waals surface area contributed by atoms with Crippen LogP contribution >= 0.6 is 0 Å². The maximum atomic E-state index is 12.0. The molecular weight excluding hydrogens is 248 g/mol. The van der Waals surface area contributed by atoms with Crippen molar-refractivity contribution in [2.75, 3.05) is 0 Å². The quantitative estimate of drug-likeness (QED) is 0.565. The first-order chi connectivity index (χ1) is 9.83. The van der Waals surface area contributed by atoms with Crippen molar-refractivity contribution in [2.45, 2.75) is 0 Å². The maximum Gasteiger partial charge on any atom is 0.185 e. The molecule has 98 valence electrons. The standard InChI is InChI=1S/C17H14N2O/c20-17(10-7-15-4-3-11-18-15)14-5-8-16(9-6-14)19-12-1-2-13-19/h1-13,18H. The molecule has 0 spiro atoms. The van der Waals surface area contributed by atoms with Crippen LogP contribution in [-0.4, -0.2) is 15.3 Å². The third kappa shape index (κ3) is 2.62. The van der Waals surface area contributed by atoms with Crippen LogP contribution in [0.15, 0.2) is 73.2 Å². The number of hydrogen-bond acceptors (Lipinski definition) is 1. The SMILES string of the molecule is O=C(C=Cc1ccc[nH]1)c1ccc(-n2cccc2)cc1. The minimum Gasteiger partial charge on any atom is -0.362 e. The number of ketones is 1. The summed E-state index contributed by atoms with van der Waals surface area (Å²) < 4.78 is 2.00. The van der Waals surface area contributed by atoms with Crippen molar-refractivity contribution in [1.82, 2.24) is 9.55 Å². The van der Waals surface area contributed by atoms with Crippen LogP contribution in [0.4, 0.5) is 0 Å². The number of rotatable bonds is 4. The van der Waals surface area contributed by atoms with E-state index in [0.717, 1.165) is 11.4 Å². The molecule has 1 N–H and O–H groups in total. The summed E-state index contributed by atoms with van der Waals surface area (Å²) in [4.78, 5) is 15.1. The lowest BCUT2D eigenvalue weighted by molar-refractivity contribution is 0.104. The van der Waals surface area contributed by atoms with Crippen LogP contribution in [0.3, 0.4) is 0 Å². The molecule has 20 heavy (non-hydrogen) atoms. The molecule has 0 aliphatic carbocycles. The molecule has 0 unspecified atom stereocenters. The number of allylic oxidation sites excluding steroid dienone is 1. The van der Waals surface area contributed by atoms with Gasteiger partial charge in [-0.3, -0.25) is 4.79 Å². The molecule has 0 saturated carbocycles. The maximum absolute atomic E-state index is 12.0. The van der Waals surface area contributed by atoms with Gasteiger partial charge in [0.2, 0.25) is 0 Å². The summed E-state index contributed by atoms with van der Waals surface area (Å²) in [5.74, 6) is -0.00124. The van der Waals surface area contributed by atoms with Crippen LogP contribution in [0.2, 0.25) is 0 Å². The Balaban J connectivity index is 1.76. The number of hydrogen-bond donors (Lipinski definition) is 1. The zero-order valence-corrected chi connectivity index (χ0v) is 10.9. The Morgan fingerprint density at radius 3 is 2.40 bits per heavy atom. The minimum atomic E-state index is -0.00124. The molecule has 2 aromatic heterocycles. The normalized spacial score (nSPS) is 11.0. The second-order valence-electron chi connectivity index (χ2n) is 4.46. The van der Waals surface area contributed by atoms with Crippen molar-refractivity contribution in [3.63, 3.8) is 0 Å². The van der Waals surface area contributed by atoms with Crippen LogP contribution in [0.25, 0.3) is 11.8 Å². The lowest BCUT2D eigenvalue weighted by Gasteiger charge is -2.03. The second kappa shape index (κ2) is 5.45. The lowest BCUT2D eigenvalue weighted by Crippen LogP contribution is -1.96. The van der Waals surface area contributed by atoms with Crippen molar-refractivity contribution >= 4 is 11.9 Å². The Hall–Kier alpha value is -2.81. The number of aromatic amines is 1. The van der Waals surface area contributed by atoms with Crippen molar-refractivity contribution in [3.8, 4) is 5.69 Å². The van der Waals surface area contributed by atoms with Crippen molar-refractivity contribution in [2.24, 2.45) is 0 Å². The molecule has 0 saturated heterocycles. The largest absolute Gasteiger partial charge is 0.362 e. The van der Waals surface area contributed by atoms with Gasteiger partial charge < -0.3 is 9.55 Å². The molecule has 3 rings (SSSR count). The highest BCUT2D eigenvalue weighted by molar-refractivity contribution is 6.06. The Morgan fingerprint density at radius 1 is 1.00 bits per heavy atom. The molecule has 0 atom stereocenters. The topological polar surface area (TPSA) is 37.8 Å². The molecule has 2 heterocycles. The monoisotopic (exact) mass is 262 g/mol. The molecule has 0 amide bonds. The van der Waals surface area contributed by atoms with E-state index in [1.165, 1.54) is 0 Å². The molecule has 1 aromatic carbocycles. The highest BCUT2D eigenvalue weighted by Crippen LogP contribution is 2.11. The molecule has 0 bridgehead atoms. The van der Waals surface area contributed by atoms with Crippen molar-refractivity contribution in [3.05, 3.63) is 84.5 Å². The summed E-state index contributed by atoms with van der Waals surface area (Å²) in [7, 11) is 0. The molecule has 0 fully saturated rings. The summed E-state index contributed by atoms with van der Waals surface area (Å²) in [6.45, 7) is 0. The first-order valence-electron chi connectivity index (χ1n) is 6.42. The highest BCUT2D eigenvalue weighted by Gasteiger charge is 2.02. The Morgan fingerprint density at radius 2 is 1.75 bits per heavy atom. The predicted octanol–water partition coefficient (Wildman–Crippen LogP) is 3.70. The second-order valence-corrected chi connectivity index (χ2v) is 4.46. The Bertz CT molecular complexity index is 705. The van der Waals surface area contributed by atoms with Crippen LogP contribution in [0, 0.1) is 0 Å². The van der Waals surface area contributed by atoms with Crippen LogP contribution < -0.4 is 0 Å². The van der Waals surface area contributed by atoms with E-state index >= 15 is 0 Å². The fourth-order valence-corrected chi connectivity index (χ4v) is 2.01. The van der Waals surface area contributed by atoms with Crippen LogP contribution in [-0.2, 0) is 0 Å². The van der Waals surface area contributed by atoms with E-state index in [0.29, 0.717) is 5.56 Å². The molecular formula is C17H14N2O. The summed E-state index contributed by atoms with van der Waals surface area (Å²) in [5, 5.41) is 0. The molecule has 0 radical (unpaired) electrons. The summed E-state index contributed by atoms with van der Waals surface area (Å²) in [5.41, 5.74) is 2.64. The van der Waals surface area contributed by atoms with Crippen LogP contribution in [0.1, 0.15) is 16.1 Å². The first-order valence-corrected chi connectivity index (χ1v) is 6.42. The van der Waals surface area contributed by atoms with E-state index in [2.05, 4.69) is 4.98 Å². The van der Waals surface area contributed by atoms with Gasteiger partial charge in [0.05, 0.1) is 0 Å². The first kappa shape index (κ1) is 12.2. The van der Waals surface area contributed by atoms with E-state index < -0.39 is 0 Å². The van der Waals surface area contributed by atoms with E-state index in [-0.39, 0.29) is 5.78 Å². The van der Waals surface area contributed by atoms with Crippen molar-refractivity contribution in [1.29, 1.82) is 0 Å². The Labute approximate surface area is 117 Å². The number of H-pyrrole nitrogens is 1. The zero-order chi connectivity index (χ0) is 13.8. The van der Waals surface area contributed by atoms with Gasteiger partial charge in [-0.2, -0.15) is 0 Å². The summed E-state index contributed by atoms with van der Waals surface area (Å²) in [6, 6.07) is 15.3. The number of benzene rings is 1. The number of carbonyl (C=O) groups is 1. The average molecular weight is 262 g/mol. The van der Waals surface area contributed by atoms with E-state index in [4.69, 9.17) is 0 Å². The number of nitrogens with one attached hydrogen (secondary N) is 1. The van der Waals surface area contributed by atoms with Gasteiger partial charge in [0.25, 0.3) is 0 Å². The number of nitrogens with zero attached hydrogens (tertiary/aromatic N) is 1. The van der Waals surface area contributed by atoms with Crippen molar-refractivity contribution < 1.29 is 4.79 Å². The summed E-state index contributed by atoms with van der Waals surface area (Å²) >= 11 is 0. The van der Waals surface area contributed by atoms with Gasteiger partial charge >= 0.3 is 0 Å². The molecule has 3 heteroatoms. The van der Waals surface area contributed by atoms with E-state index in [1.807, 2.05) is 71.7 Å². The van der Waals surface area contributed by atoms with Gasteiger partial charge in [-0.05, 0) is 60.7 Å². The van der Waals surface area contributed by atoms with Gasteiger partial charge in [-0.15, -0.1) is 0 Å². The number of carbonyl (C=O) groups excluding carboxylic acids is 1. The predicted molar refractivity (Wildman–Crippen MR) is 79.9 cm³/mol. The van der Waals surface area contributed by atoms with Crippen LogP contribution in [0.5, 0.6) is 0 Å². The molecule has 0 aliphatic heterocycles. The van der Waals surface area contributed by atoms with Gasteiger partial charge in [0.1, 0.15) is 0 Å². The zero-order valence-electron chi connectivity index (χ0n) is 10.9. The smallest absolute Gasteiger partial charge is 0.185 e. The molecule has 0 aliphatic rings. The minimum absolute atomic E-state index is 0.00124. The third-order valence-corrected chi connectivity index (χ3v) is 3.09. The van der Waals surface area contributed by atoms with E-state index in [9.17, 15) is 4.79 Å². The number of aromatic nitrogens is 2. The molecule has 3 aromatic rings. The van der Waals surface area contributed by atoms with Gasteiger partial charge in [0.15, 0.2) is 5.78 Å². The lowest BCUT2D eigenvalue weighted by atomic mass is 10.1. The average Bonchev–Trinajstić information content (AvgIpc) is 3.18. The Kier molecular flexibility index (Phi) is 3.33. The van der Waals surface area contributed by atoms with Gasteiger partial charge in [0, 0.05) is 35.5 Å². The fraction of sp³-hybridized carbons (Fsp3) is 0. The van der Waals surface area contributed by atoms with Gasteiger partial charge in [-0.1, -0.05) is 0 Å². The summed E-state index contributed by atoms with van der Waals surface area (Å²) in [6.07, 6.45) is 9.14. The third-order valence-electron chi connectivity index (χ3n) is 3.09. The van der Waals surface area contributed by atoms with Gasteiger partial charge in [-0.25, -0.2) is 0 Å². The molecule has 3 nitrogen and oxygen atoms in total. The fourth-order valence-electron chi connectivity index (χ4n) is 2.01. The van der Waals surface area contributed by atoms with E-state index in [1.54, 1.807) is 12.2 Å².